The monoisotopic (exact) mass is 345 g/mol. The van der Waals surface area contributed by atoms with E-state index < -0.39 is 11.7 Å². The molecule has 1 heterocycles. The first kappa shape index (κ1) is 18.7. The van der Waals surface area contributed by atoms with Crippen molar-refractivity contribution in [3.05, 3.63) is 42.2 Å². The minimum absolute atomic E-state index is 0.546. The molecule has 0 atom stereocenters. The fourth-order valence-corrected chi connectivity index (χ4v) is 2.28. The minimum Gasteiger partial charge on any atom is -0.490 e. The number of hydrogen-bond acceptors (Lipinski definition) is 6. The lowest BCUT2D eigenvalue weighted by atomic mass is 9.96. The zero-order valence-corrected chi connectivity index (χ0v) is 14.7. The van der Waals surface area contributed by atoms with Gasteiger partial charge in [0.25, 0.3) is 0 Å². The van der Waals surface area contributed by atoms with Gasteiger partial charge in [-0.2, -0.15) is 0 Å². The van der Waals surface area contributed by atoms with Crippen LogP contribution in [0.5, 0.6) is 5.75 Å². The Morgan fingerprint density at radius 1 is 1.20 bits per heavy atom. The van der Waals surface area contributed by atoms with Gasteiger partial charge in [0.2, 0.25) is 0 Å². The van der Waals surface area contributed by atoms with Crippen LogP contribution in [0, 0.1) is 0 Å². The summed E-state index contributed by atoms with van der Waals surface area (Å²) in [5.41, 5.74) is 5.90. The van der Waals surface area contributed by atoms with E-state index >= 15 is 0 Å². The van der Waals surface area contributed by atoms with E-state index in [1.165, 1.54) is 0 Å². The Labute approximate surface area is 147 Å². The summed E-state index contributed by atoms with van der Waals surface area (Å²) in [7, 11) is 1.65. The quantitative estimate of drug-likeness (QED) is 0.739. The number of benzene rings is 1. The van der Waals surface area contributed by atoms with Crippen LogP contribution in [0.3, 0.4) is 0 Å². The highest BCUT2D eigenvalue weighted by Gasteiger charge is 2.24. The Bertz CT molecular complexity index is 702. The van der Waals surface area contributed by atoms with Gasteiger partial charge in [-0.05, 0) is 25.5 Å². The molecule has 0 unspecified atom stereocenters. The van der Waals surface area contributed by atoms with Crippen molar-refractivity contribution in [2.24, 2.45) is 5.73 Å². The largest absolute Gasteiger partial charge is 0.490 e. The summed E-state index contributed by atoms with van der Waals surface area (Å²) in [6.07, 6.45) is 3.25. The number of nitrogens with two attached hydrogens (primary N) is 1. The summed E-state index contributed by atoms with van der Waals surface area (Å²) in [6, 6.07) is 7.48. The summed E-state index contributed by atoms with van der Waals surface area (Å²) in [4.78, 5) is 19.7. The van der Waals surface area contributed by atoms with Crippen molar-refractivity contribution >= 4 is 6.09 Å². The van der Waals surface area contributed by atoms with E-state index in [0.29, 0.717) is 24.8 Å². The van der Waals surface area contributed by atoms with Crippen LogP contribution in [0.25, 0.3) is 11.4 Å². The van der Waals surface area contributed by atoms with Crippen LogP contribution in [-0.4, -0.2) is 36.4 Å². The number of hydrogen-bond donors (Lipinski definition) is 1. The second-order valence-electron chi connectivity index (χ2n) is 5.95. The lowest BCUT2D eigenvalue weighted by Crippen LogP contribution is -2.28. The van der Waals surface area contributed by atoms with Gasteiger partial charge in [0.05, 0.1) is 19.0 Å². The lowest BCUT2D eigenvalue weighted by molar-refractivity contribution is 0.0433. The Kier molecular flexibility index (Phi) is 6.30. The predicted molar refractivity (Wildman–Crippen MR) is 93.2 cm³/mol. The fraction of sp³-hybridized carbons (Fsp3) is 0.389. The normalized spacial score (nSPS) is 11.2. The molecule has 0 aliphatic carbocycles. The molecular weight excluding hydrogens is 322 g/mol. The molecule has 25 heavy (non-hydrogen) atoms. The van der Waals surface area contributed by atoms with Crippen LogP contribution in [0.2, 0.25) is 0 Å². The van der Waals surface area contributed by atoms with Crippen molar-refractivity contribution in [1.82, 2.24) is 9.97 Å². The highest BCUT2D eigenvalue weighted by Crippen LogP contribution is 2.28. The van der Waals surface area contributed by atoms with Crippen molar-refractivity contribution in [3.8, 4) is 17.1 Å². The topological polar surface area (TPSA) is 96.6 Å². The maximum absolute atomic E-state index is 11.1. The molecular formula is C18H23N3O4. The molecule has 2 rings (SSSR count). The molecule has 2 N–H and O–H groups in total. The molecule has 2 aromatic rings. The SMILES string of the molecule is COCCCOc1cnc(-c2cccc(C(C)(C)OC(N)=O)c2)nc1. The summed E-state index contributed by atoms with van der Waals surface area (Å²) in [6.45, 7) is 4.74. The number of methoxy groups -OCH3 is 1. The van der Waals surface area contributed by atoms with E-state index in [1.807, 2.05) is 24.3 Å². The van der Waals surface area contributed by atoms with Crippen LogP contribution < -0.4 is 10.5 Å². The van der Waals surface area contributed by atoms with Crippen LogP contribution in [0.15, 0.2) is 36.7 Å². The van der Waals surface area contributed by atoms with Gasteiger partial charge in [0.15, 0.2) is 11.6 Å². The van der Waals surface area contributed by atoms with Crippen molar-refractivity contribution in [3.63, 3.8) is 0 Å². The van der Waals surface area contributed by atoms with Crippen molar-refractivity contribution in [2.45, 2.75) is 25.9 Å². The molecule has 0 aliphatic heterocycles. The van der Waals surface area contributed by atoms with Crippen molar-refractivity contribution in [1.29, 1.82) is 0 Å². The number of primary amides is 1. The molecule has 134 valence electrons. The zero-order chi connectivity index (χ0) is 18.3. The summed E-state index contributed by atoms with van der Waals surface area (Å²) in [5, 5.41) is 0. The predicted octanol–water partition coefficient (Wildman–Crippen LogP) is 2.89. The first-order valence-electron chi connectivity index (χ1n) is 7.95. The Morgan fingerprint density at radius 2 is 1.92 bits per heavy atom. The van der Waals surface area contributed by atoms with Gasteiger partial charge in [-0.25, -0.2) is 14.8 Å². The smallest absolute Gasteiger partial charge is 0.405 e. The number of nitrogens with zero attached hydrogens (tertiary/aromatic N) is 2. The summed E-state index contributed by atoms with van der Waals surface area (Å²) >= 11 is 0. The first-order chi connectivity index (χ1) is 11.9. The summed E-state index contributed by atoms with van der Waals surface area (Å²) in [5.74, 6) is 1.16. The zero-order valence-electron chi connectivity index (χ0n) is 14.7. The van der Waals surface area contributed by atoms with Crippen molar-refractivity contribution < 1.29 is 19.0 Å². The molecule has 0 saturated heterocycles. The first-order valence-corrected chi connectivity index (χ1v) is 7.95. The van der Waals surface area contributed by atoms with Gasteiger partial charge in [0, 0.05) is 25.7 Å². The van der Waals surface area contributed by atoms with Crippen LogP contribution in [0.1, 0.15) is 25.8 Å². The number of amides is 1. The third-order valence-electron chi connectivity index (χ3n) is 3.56. The van der Waals surface area contributed by atoms with E-state index in [1.54, 1.807) is 33.4 Å². The fourth-order valence-electron chi connectivity index (χ4n) is 2.28. The number of ether oxygens (including phenoxy) is 3. The van der Waals surface area contributed by atoms with Crippen LogP contribution in [-0.2, 0) is 15.1 Å². The number of rotatable bonds is 8. The highest BCUT2D eigenvalue weighted by molar-refractivity contribution is 5.65. The van der Waals surface area contributed by atoms with Gasteiger partial charge in [-0.1, -0.05) is 18.2 Å². The Morgan fingerprint density at radius 3 is 2.56 bits per heavy atom. The van der Waals surface area contributed by atoms with E-state index in [9.17, 15) is 4.79 Å². The molecule has 1 aromatic heterocycles. The summed E-state index contributed by atoms with van der Waals surface area (Å²) < 4.78 is 15.7. The highest BCUT2D eigenvalue weighted by atomic mass is 16.6. The molecule has 1 amide bonds. The molecule has 1 aromatic carbocycles. The maximum Gasteiger partial charge on any atom is 0.405 e. The van der Waals surface area contributed by atoms with E-state index in [-0.39, 0.29) is 0 Å². The number of carbonyl (C=O) groups excluding carboxylic acids is 1. The third kappa shape index (κ3) is 5.42. The average molecular weight is 345 g/mol. The number of carbonyl (C=O) groups is 1. The molecule has 0 fully saturated rings. The molecule has 0 radical (unpaired) electrons. The van der Waals surface area contributed by atoms with Gasteiger partial charge >= 0.3 is 6.09 Å². The third-order valence-corrected chi connectivity index (χ3v) is 3.56. The van der Waals surface area contributed by atoms with E-state index in [0.717, 1.165) is 17.5 Å². The van der Waals surface area contributed by atoms with E-state index in [4.69, 9.17) is 19.9 Å². The lowest BCUT2D eigenvalue weighted by Gasteiger charge is -2.24. The molecule has 7 heteroatoms. The Hall–Kier alpha value is -2.67. The van der Waals surface area contributed by atoms with Gasteiger partial charge in [0.1, 0.15) is 5.60 Å². The minimum atomic E-state index is -0.841. The van der Waals surface area contributed by atoms with Gasteiger partial charge < -0.3 is 19.9 Å². The second-order valence-corrected chi connectivity index (χ2v) is 5.95. The second kappa shape index (κ2) is 8.43. The standard InChI is InChI=1S/C18H23N3O4/c1-18(2,25-17(19)22)14-7-4-6-13(10-14)16-20-11-15(12-21-16)24-9-5-8-23-3/h4,6-7,10-12H,5,8-9H2,1-3H3,(H2,19,22). The van der Waals surface area contributed by atoms with Gasteiger partial charge in [-0.15, -0.1) is 0 Å². The molecule has 0 saturated carbocycles. The molecule has 0 bridgehead atoms. The van der Waals surface area contributed by atoms with Crippen molar-refractivity contribution in [2.75, 3.05) is 20.3 Å². The number of aromatic nitrogens is 2. The van der Waals surface area contributed by atoms with E-state index in [2.05, 4.69) is 9.97 Å². The molecule has 0 aliphatic rings. The maximum atomic E-state index is 11.1. The van der Waals surface area contributed by atoms with Gasteiger partial charge in [-0.3, -0.25) is 0 Å². The van der Waals surface area contributed by atoms with Crippen LogP contribution >= 0.6 is 0 Å². The average Bonchev–Trinajstić information content (AvgIpc) is 2.58. The Balaban J connectivity index is 2.11. The molecule has 7 nitrogen and oxygen atoms in total. The van der Waals surface area contributed by atoms with Crippen LogP contribution in [0.4, 0.5) is 4.79 Å². The molecule has 0 spiro atoms.